The molecule has 29 heavy (non-hydrogen) atoms. The maximum atomic E-state index is 12.4. The first kappa shape index (κ1) is 18.4. The van der Waals surface area contributed by atoms with Crippen molar-refractivity contribution in [1.82, 2.24) is 0 Å². The fraction of sp³-hybridized carbons (Fsp3) is 0.0870. The van der Waals surface area contributed by atoms with Gasteiger partial charge in [-0.3, -0.25) is 14.5 Å². The predicted octanol–water partition coefficient (Wildman–Crippen LogP) is 3.25. The van der Waals surface area contributed by atoms with E-state index in [0.717, 1.165) is 0 Å². The number of ether oxygens (including phenoxy) is 2. The summed E-state index contributed by atoms with van der Waals surface area (Å²) in [6.07, 6.45) is 0. The minimum absolute atomic E-state index is 0.112. The lowest BCUT2D eigenvalue weighted by molar-refractivity contribution is -0.134. The van der Waals surface area contributed by atoms with Crippen molar-refractivity contribution in [3.8, 4) is 11.5 Å². The SMILES string of the molecule is O=C(CN1C(=O)COc2ccccc21)Oc1ccc(C(=O)c2ccccc2)cc1. The number of rotatable bonds is 5. The highest BCUT2D eigenvalue weighted by atomic mass is 16.5. The summed E-state index contributed by atoms with van der Waals surface area (Å²) in [5.41, 5.74) is 1.61. The molecule has 3 aromatic rings. The molecule has 1 aliphatic heterocycles. The summed E-state index contributed by atoms with van der Waals surface area (Å²) < 4.78 is 10.7. The van der Waals surface area contributed by atoms with Crippen molar-refractivity contribution in [3.05, 3.63) is 90.0 Å². The molecule has 0 bridgehead atoms. The third kappa shape index (κ3) is 4.01. The van der Waals surface area contributed by atoms with Gasteiger partial charge in [0, 0.05) is 11.1 Å². The van der Waals surface area contributed by atoms with Gasteiger partial charge in [0.2, 0.25) is 0 Å². The molecule has 3 aromatic carbocycles. The van der Waals surface area contributed by atoms with E-state index in [2.05, 4.69) is 0 Å². The number of ketones is 1. The largest absolute Gasteiger partial charge is 0.482 e. The lowest BCUT2D eigenvalue weighted by Gasteiger charge is -2.28. The van der Waals surface area contributed by atoms with E-state index in [0.29, 0.717) is 28.3 Å². The Morgan fingerprint density at radius 1 is 0.862 bits per heavy atom. The molecule has 0 aliphatic carbocycles. The fourth-order valence-corrected chi connectivity index (χ4v) is 3.05. The molecule has 1 heterocycles. The molecule has 0 N–H and O–H groups in total. The number of para-hydroxylation sites is 2. The van der Waals surface area contributed by atoms with E-state index in [-0.39, 0.29) is 24.8 Å². The molecule has 6 heteroatoms. The molecule has 4 rings (SSSR count). The Morgan fingerprint density at radius 2 is 1.52 bits per heavy atom. The molecule has 6 nitrogen and oxygen atoms in total. The average molecular weight is 387 g/mol. The van der Waals surface area contributed by atoms with Crippen LogP contribution in [0.2, 0.25) is 0 Å². The smallest absolute Gasteiger partial charge is 0.331 e. The highest BCUT2D eigenvalue weighted by Crippen LogP contribution is 2.31. The molecule has 0 spiro atoms. The van der Waals surface area contributed by atoms with Crippen LogP contribution in [0.25, 0.3) is 0 Å². The zero-order valence-electron chi connectivity index (χ0n) is 15.4. The molecule has 0 unspecified atom stereocenters. The summed E-state index contributed by atoms with van der Waals surface area (Å²) in [7, 11) is 0. The van der Waals surface area contributed by atoms with Gasteiger partial charge in [-0.2, -0.15) is 0 Å². The molecule has 0 saturated heterocycles. The van der Waals surface area contributed by atoms with Crippen LogP contribution in [0.15, 0.2) is 78.9 Å². The van der Waals surface area contributed by atoms with E-state index in [1.165, 1.54) is 4.90 Å². The van der Waals surface area contributed by atoms with Crippen molar-refractivity contribution in [2.45, 2.75) is 0 Å². The third-order valence-electron chi connectivity index (χ3n) is 4.48. The molecule has 144 valence electrons. The third-order valence-corrected chi connectivity index (χ3v) is 4.48. The highest BCUT2D eigenvalue weighted by molar-refractivity contribution is 6.09. The lowest BCUT2D eigenvalue weighted by atomic mass is 10.0. The molecule has 0 aromatic heterocycles. The summed E-state index contributed by atoms with van der Waals surface area (Å²) in [5, 5.41) is 0. The zero-order chi connectivity index (χ0) is 20.2. The van der Waals surface area contributed by atoms with Crippen molar-refractivity contribution in [1.29, 1.82) is 0 Å². The van der Waals surface area contributed by atoms with Gasteiger partial charge in [-0.25, -0.2) is 4.79 Å². The van der Waals surface area contributed by atoms with Gasteiger partial charge >= 0.3 is 5.97 Å². The highest BCUT2D eigenvalue weighted by Gasteiger charge is 2.27. The Kier molecular flexibility index (Phi) is 5.07. The van der Waals surface area contributed by atoms with E-state index in [1.54, 1.807) is 72.8 Å². The summed E-state index contributed by atoms with van der Waals surface area (Å²) >= 11 is 0. The van der Waals surface area contributed by atoms with Crippen molar-refractivity contribution >= 4 is 23.3 Å². The summed E-state index contributed by atoms with van der Waals surface area (Å²) in [6, 6.07) is 22.3. The van der Waals surface area contributed by atoms with Gasteiger partial charge in [-0.1, -0.05) is 42.5 Å². The van der Waals surface area contributed by atoms with E-state index in [4.69, 9.17) is 9.47 Å². The minimum Gasteiger partial charge on any atom is -0.482 e. The van der Waals surface area contributed by atoms with Crippen LogP contribution in [0.3, 0.4) is 0 Å². The Bertz CT molecular complexity index is 1060. The summed E-state index contributed by atoms with van der Waals surface area (Å²) in [4.78, 5) is 38.3. The topological polar surface area (TPSA) is 72.9 Å². The van der Waals surface area contributed by atoms with Crippen LogP contribution in [0.1, 0.15) is 15.9 Å². The molecule has 0 fully saturated rings. The minimum atomic E-state index is -0.586. The first-order chi connectivity index (χ1) is 14.1. The molecular formula is C23H17NO5. The second-order valence-corrected chi connectivity index (χ2v) is 6.43. The van der Waals surface area contributed by atoms with Crippen LogP contribution in [0.5, 0.6) is 11.5 Å². The van der Waals surface area contributed by atoms with Gasteiger partial charge in [0.05, 0.1) is 5.69 Å². The van der Waals surface area contributed by atoms with Gasteiger partial charge in [0.25, 0.3) is 5.91 Å². The van der Waals surface area contributed by atoms with Gasteiger partial charge < -0.3 is 9.47 Å². The van der Waals surface area contributed by atoms with E-state index in [9.17, 15) is 14.4 Å². The number of carbonyl (C=O) groups excluding carboxylic acids is 3. The summed E-state index contributed by atoms with van der Waals surface area (Å²) in [5.74, 6) is -0.169. The first-order valence-corrected chi connectivity index (χ1v) is 9.04. The number of nitrogens with zero attached hydrogens (tertiary/aromatic N) is 1. The first-order valence-electron chi connectivity index (χ1n) is 9.04. The lowest BCUT2D eigenvalue weighted by Crippen LogP contribution is -2.43. The number of hydrogen-bond acceptors (Lipinski definition) is 5. The van der Waals surface area contributed by atoms with E-state index in [1.807, 2.05) is 6.07 Å². The number of hydrogen-bond donors (Lipinski definition) is 0. The normalized spacial score (nSPS) is 12.7. The van der Waals surface area contributed by atoms with Gasteiger partial charge in [0.1, 0.15) is 18.0 Å². The number of anilines is 1. The number of esters is 1. The number of carbonyl (C=O) groups is 3. The quantitative estimate of drug-likeness (QED) is 0.382. The van der Waals surface area contributed by atoms with E-state index < -0.39 is 5.97 Å². The van der Waals surface area contributed by atoms with Gasteiger partial charge in [0.15, 0.2) is 12.4 Å². The second-order valence-electron chi connectivity index (χ2n) is 6.43. The zero-order valence-corrected chi connectivity index (χ0v) is 15.4. The van der Waals surface area contributed by atoms with Crippen LogP contribution >= 0.6 is 0 Å². The Labute approximate surface area is 167 Å². The standard InChI is InChI=1S/C23H17NO5/c25-21-15-28-20-9-5-4-8-19(20)24(21)14-22(26)29-18-12-10-17(11-13-18)23(27)16-6-2-1-3-7-16/h1-13H,14-15H2. The van der Waals surface area contributed by atoms with Crippen molar-refractivity contribution in [2.75, 3.05) is 18.1 Å². The second kappa shape index (κ2) is 7.98. The maximum absolute atomic E-state index is 12.4. The van der Waals surface area contributed by atoms with Crippen LogP contribution in [-0.2, 0) is 9.59 Å². The molecule has 1 aliphatic rings. The Balaban J connectivity index is 1.43. The van der Waals surface area contributed by atoms with Crippen LogP contribution in [-0.4, -0.2) is 30.8 Å². The molecule has 0 atom stereocenters. The van der Waals surface area contributed by atoms with Crippen molar-refractivity contribution in [2.24, 2.45) is 0 Å². The predicted molar refractivity (Wildman–Crippen MR) is 106 cm³/mol. The molecular weight excluding hydrogens is 370 g/mol. The monoisotopic (exact) mass is 387 g/mol. The fourth-order valence-electron chi connectivity index (χ4n) is 3.05. The van der Waals surface area contributed by atoms with Crippen molar-refractivity contribution in [3.63, 3.8) is 0 Å². The van der Waals surface area contributed by atoms with Crippen LogP contribution < -0.4 is 14.4 Å². The van der Waals surface area contributed by atoms with Crippen LogP contribution in [0.4, 0.5) is 5.69 Å². The maximum Gasteiger partial charge on any atom is 0.331 e. The van der Waals surface area contributed by atoms with Gasteiger partial charge in [-0.15, -0.1) is 0 Å². The average Bonchev–Trinajstić information content (AvgIpc) is 2.76. The van der Waals surface area contributed by atoms with Crippen LogP contribution in [0, 0.1) is 0 Å². The Hall–Kier alpha value is -3.93. The summed E-state index contributed by atoms with van der Waals surface area (Å²) in [6.45, 7) is -0.357. The van der Waals surface area contributed by atoms with E-state index >= 15 is 0 Å². The number of benzene rings is 3. The molecule has 1 amide bonds. The Morgan fingerprint density at radius 3 is 2.28 bits per heavy atom. The van der Waals surface area contributed by atoms with Crippen molar-refractivity contribution < 1.29 is 23.9 Å². The van der Waals surface area contributed by atoms with Gasteiger partial charge in [-0.05, 0) is 36.4 Å². The number of amides is 1. The molecule has 0 saturated carbocycles. The number of fused-ring (bicyclic) bond motifs is 1. The molecule has 0 radical (unpaired) electrons.